The zero-order chi connectivity index (χ0) is 25.5. The quantitative estimate of drug-likeness (QED) is 0.285. The van der Waals surface area contributed by atoms with E-state index in [-0.39, 0.29) is 18.4 Å². The van der Waals surface area contributed by atoms with Gasteiger partial charge < -0.3 is 14.4 Å². The smallest absolute Gasteiger partial charge is 0.261 e. The van der Waals surface area contributed by atoms with E-state index in [1.165, 1.54) is 10.5 Å². The molecule has 0 aromatic heterocycles. The highest BCUT2D eigenvalue weighted by Gasteiger charge is 2.37. The van der Waals surface area contributed by atoms with Crippen LogP contribution in [0.2, 0.25) is 0 Å². The van der Waals surface area contributed by atoms with Crippen molar-refractivity contribution in [3.8, 4) is 11.5 Å². The van der Waals surface area contributed by atoms with Gasteiger partial charge in [-0.1, -0.05) is 54.2 Å². The summed E-state index contributed by atoms with van der Waals surface area (Å²) in [6.45, 7) is 0.774. The first-order chi connectivity index (χ1) is 18.1. The van der Waals surface area contributed by atoms with Gasteiger partial charge in [-0.25, -0.2) is 0 Å². The fraction of sp³-hybridized carbons (Fsp3) is 0.133. The fourth-order valence-corrected chi connectivity index (χ4v) is 6.16. The normalized spacial score (nSPS) is 13.8. The summed E-state index contributed by atoms with van der Waals surface area (Å²) < 4.78 is 11.3. The number of nitrogens with zero attached hydrogens (tertiary/aromatic N) is 2. The van der Waals surface area contributed by atoms with Crippen molar-refractivity contribution in [2.45, 2.75) is 22.9 Å². The molecule has 6 nitrogen and oxygen atoms in total. The standard InChI is InChI=1S/C30H24N2O4S/c1-35-20-12-13-24-27(16-20)37-28-23(18-32-29(33)21-10-6-7-11-22(21)30(32)34)26(36-2)15-14-25(28)31(24)17-19-8-4-3-5-9-19/h3-16H,17-18H2,1-2H3. The largest absolute Gasteiger partial charge is 0.497 e. The Morgan fingerprint density at radius 1 is 0.703 bits per heavy atom. The Kier molecular flexibility index (Phi) is 5.85. The Bertz CT molecular complexity index is 1500. The summed E-state index contributed by atoms with van der Waals surface area (Å²) in [6, 6.07) is 27.3. The predicted octanol–water partition coefficient (Wildman–Crippen LogP) is 6.30. The van der Waals surface area contributed by atoms with Crippen molar-refractivity contribution in [2.24, 2.45) is 0 Å². The molecule has 0 fully saturated rings. The molecule has 0 saturated heterocycles. The van der Waals surface area contributed by atoms with Gasteiger partial charge in [0.1, 0.15) is 11.5 Å². The molecule has 6 rings (SSSR count). The molecule has 4 aromatic rings. The number of amides is 2. The molecule has 0 aliphatic carbocycles. The summed E-state index contributed by atoms with van der Waals surface area (Å²) in [5, 5.41) is 0. The molecule has 0 bridgehead atoms. The molecule has 0 saturated carbocycles. The van der Waals surface area contributed by atoms with Crippen LogP contribution in [0, 0.1) is 0 Å². The maximum Gasteiger partial charge on any atom is 0.261 e. The van der Waals surface area contributed by atoms with Gasteiger partial charge in [-0.15, -0.1) is 0 Å². The van der Waals surface area contributed by atoms with Gasteiger partial charge in [0, 0.05) is 21.9 Å². The molecular formula is C30H24N2O4S. The molecule has 2 heterocycles. The Hall–Kier alpha value is -4.23. The number of rotatable bonds is 6. The molecular weight excluding hydrogens is 484 g/mol. The predicted molar refractivity (Wildman–Crippen MR) is 143 cm³/mol. The van der Waals surface area contributed by atoms with E-state index in [0.29, 0.717) is 23.4 Å². The van der Waals surface area contributed by atoms with Gasteiger partial charge in [0.15, 0.2) is 0 Å². The molecule has 2 amide bonds. The Labute approximate surface area is 219 Å². The summed E-state index contributed by atoms with van der Waals surface area (Å²) in [7, 11) is 3.27. The zero-order valence-electron chi connectivity index (χ0n) is 20.4. The van der Waals surface area contributed by atoms with Crippen LogP contribution in [-0.2, 0) is 13.1 Å². The van der Waals surface area contributed by atoms with E-state index in [0.717, 1.165) is 32.5 Å². The van der Waals surface area contributed by atoms with Crippen LogP contribution < -0.4 is 14.4 Å². The van der Waals surface area contributed by atoms with E-state index in [1.54, 1.807) is 50.2 Å². The second-order valence-corrected chi connectivity index (χ2v) is 9.90. The maximum atomic E-state index is 13.2. The van der Waals surface area contributed by atoms with E-state index in [2.05, 4.69) is 23.1 Å². The zero-order valence-corrected chi connectivity index (χ0v) is 21.2. The minimum Gasteiger partial charge on any atom is -0.497 e. The van der Waals surface area contributed by atoms with Gasteiger partial charge in [0.25, 0.3) is 11.8 Å². The van der Waals surface area contributed by atoms with E-state index < -0.39 is 0 Å². The third-order valence-electron chi connectivity index (χ3n) is 6.76. The highest BCUT2D eigenvalue weighted by atomic mass is 32.2. The summed E-state index contributed by atoms with van der Waals surface area (Å²) in [5.41, 5.74) is 4.90. The number of ether oxygens (including phenoxy) is 2. The monoisotopic (exact) mass is 508 g/mol. The minimum absolute atomic E-state index is 0.115. The van der Waals surface area contributed by atoms with Crippen LogP contribution in [0.15, 0.2) is 94.7 Å². The lowest BCUT2D eigenvalue weighted by molar-refractivity contribution is 0.0640. The number of carbonyl (C=O) groups excluding carboxylic acids is 2. The third-order valence-corrected chi connectivity index (χ3v) is 7.96. The number of benzene rings is 4. The first kappa shape index (κ1) is 23.2. The van der Waals surface area contributed by atoms with Crippen molar-refractivity contribution >= 4 is 35.0 Å². The van der Waals surface area contributed by atoms with E-state index in [4.69, 9.17) is 9.47 Å². The molecule has 0 unspecified atom stereocenters. The Morgan fingerprint density at radius 2 is 1.38 bits per heavy atom. The summed E-state index contributed by atoms with van der Waals surface area (Å²) >= 11 is 1.60. The number of carbonyl (C=O) groups is 2. The van der Waals surface area contributed by atoms with Gasteiger partial charge >= 0.3 is 0 Å². The first-order valence-electron chi connectivity index (χ1n) is 11.9. The van der Waals surface area contributed by atoms with Crippen LogP contribution in [0.1, 0.15) is 31.8 Å². The topological polar surface area (TPSA) is 59.1 Å². The Balaban J connectivity index is 1.47. The van der Waals surface area contributed by atoms with Gasteiger partial charge in [-0.05, 0) is 48.0 Å². The minimum atomic E-state index is -0.288. The number of hydrogen-bond acceptors (Lipinski definition) is 6. The van der Waals surface area contributed by atoms with Crippen molar-refractivity contribution < 1.29 is 19.1 Å². The third kappa shape index (κ3) is 3.92. The van der Waals surface area contributed by atoms with Crippen LogP contribution in [-0.4, -0.2) is 30.9 Å². The van der Waals surface area contributed by atoms with Crippen LogP contribution in [0.25, 0.3) is 0 Å². The molecule has 4 aromatic carbocycles. The average Bonchev–Trinajstić information content (AvgIpc) is 3.18. The summed E-state index contributed by atoms with van der Waals surface area (Å²) in [4.78, 5) is 31.9. The molecule has 184 valence electrons. The molecule has 37 heavy (non-hydrogen) atoms. The second-order valence-electron chi connectivity index (χ2n) is 8.84. The van der Waals surface area contributed by atoms with Crippen molar-refractivity contribution in [1.82, 2.24) is 4.90 Å². The maximum absolute atomic E-state index is 13.2. The van der Waals surface area contributed by atoms with E-state index in [9.17, 15) is 9.59 Å². The lowest BCUT2D eigenvalue weighted by atomic mass is 10.1. The average molecular weight is 509 g/mol. The fourth-order valence-electron chi connectivity index (χ4n) is 4.91. The first-order valence-corrected chi connectivity index (χ1v) is 12.7. The molecule has 2 aliphatic heterocycles. The lowest BCUT2D eigenvalue weighted by Gasteiger charge is -2.35. The SMILES string of the molecule is COc1ccc2c(c1)Sc1c(ccc(OC)c1CN1C(=O)c3ccccc3C1=O)N2Cc1ccccc1. The number of fused-ring (bicyclic) bond motifs is 3. The number of methoxy groups -OCH3 is 2. The highest BCUT2D eigenvalue weighted by Crippen LogP contribution is 2.53. The van der Waals surface area contributed by atoms with Crippen molar-refractivity contribution in [3.05, 3.63) is 107 Å². The van der Waals surface area contributed by atoms with Crippen LogP contribution in [0.5, 0.6) is 11.5 Å². The molecule has 0 N–H and O–H groups in total. The number of anilines is 2. The molecule has 2 aliphatic rings. The van der Waals surface area contributed by atoms with Crippen LogP contribution in [0.3, 0.4) is 0 Å². The lowest BCUT2D eigenvalue weighted by Crippen LogP contribution is -2.30. The Morgan fingerprint density at radius 3 is 2.05 bits per heavy atom. The van der Waals surface area contributed by atoms with Crippen LogP contribution >= 0.6 is 11.8 Å². The number of imide groups is 1. The molecule has 0 radical (unpaired) electrons. The van der Waals surface area contributed by atoms with Crippen LogP contribution in [0.4, 0.5) is 11.4 Å². The number of hydrogen-bond donors (Lipinski definition) is 0. The van der Waals surface area contributed by atoms with Gasteiger partial charge in [0.05, 0.1) is 43.3 Å². The highest BCUT2D eigenvalue weighted by molar-refractivity contribution is 7.99. The molecule has 0 spiro atoms. The summed E-state index contributed by atoms with van der Waals surface area (Å²) in [5.74, 6) is 0.821. The second kappa shape index (κ2) is 9.33. The van der Waals surface area contributed by atoms with Crippen molar-refractivity contribution in [3.63, 3.8) is 0 Å². The van der Waals surface area contributed by atoms with Crippen molar-refractivity contribution in [1.29, 1.82) is 0 Å². The van der Waals surface area contributed by atoms with Gasteiger partial charge in [-0.3, -0.25) is 14.5 Å². The van der Waals surface area contributed by atoms with Gasteiger partial charge in [-0.2, -0.15) is 0 Å². The van der Waals surface area contributed by atoms with E-state index in [1.807, 2.05) is 42.5 Å². The summed E-state index contributed by atoms with van der Waals surface area (Å²) in [6.07, 6.45) is 0. The van der Waals surface area contributed by atoms with Crippen molar-refractivity contribution in [2.75, 3.05) is 19.1 Å². The molecule has 0 atom stereocenters. The molecule has 7 heteroatoms. The van der Waals surface area contributed by atoms with E-state index >= 15 is 0 Å². The van der Waals surface area contributed by atoms with Gasteiger partial charge in [0.2, 0.25) is 0 Å².